The van der Waals surface area contributed by atoms with E-state index in [1.807, 2.05) is 6.07 Å². The van der Waals surface area contributed by atoms with Crippen LogP contribution in [0.3, 0.4) is 0 Å². The molecule has 40 heavy (non-hydrogen) atoms. The van der Waals surface area contributed by atoms with Gasteiger partial charge in [-0.1, -0.05) is 90.4 Å². The predicted molar refractivity (Wildman–Crippen MR) is 160 cm³/mol. The molecule has 0 atom stereocenters. The molecule has 1 aromatic rings. The molecule has 10 heteroatoms. The van der Waals surface area contributed by atoms with Crippen molar-refractivity contribution >= 4 is 11.7 Å². The summed E-state index contributed by atoms with van der Waals surface area (Å²) in [4.78, 5) is 36.0. The number of carbonyl (C=O) groups excluding carboxylic acids is 1. The van der Waals surface area contributed by atoms with Crippen LogP contribution >= 0.6 is 0 Å². The van der Waals surface area contributed by atoms with E-state index in [1.54, 1.807) is 12.3 Å². The van der Waals surface area contributed by atoms with Crippen LogP contribution in [-0.4, -0.2) is 71.8 Å². The lowest BCUT2D eigenvalue weighted by atomic mass is 10.0. The summed E-state index contributed by atoms with van der Waals surface area (Å²) >= 11 is 0. The van der Waals surface area contributed by atoms with Gasteiger partial charge in [0.25, 0.3) is 5.09 Å². The zero-order valence-electron chi connectivity index (χ0n) is 24.8. The number of hydrogen-bond acceptors (Lipinski definition) is 8. The Kier molecular flexibility index (Phi) is 18.0. The van der Waals surface area contributed by atoms with Crippen LogP contribution in [0.2, 0.25) is 0 Å². The van der Waals surface area contributed by atoms with Gasteiger partial charge in [-0.15, -0.1) is 10.1 Å². The van der Waals surface area contributed by atoms with E-state index in [0.717, 1.165) is 77.1 Å². The Hall–Kier alpha value is -2.46. The molecule has 1 saturated heterocycles. The van der Waals surface area contributed by atoms with Crippen molar-refractivity contribution in [2.24, 2.45) is 0 Å². The van der Waals surface area contributed by atoms with Gasteiger partial charge >= 0.3 is 0 Å². The van der Waals surface area contributed by atoms with Crippen LogP contribution in [0.25, 0.3) is 0 Å². The molecular weight excluding hydrogens is 510 g/mol. The fraction of sp³-hybridized carbons (Fsp3) is 0.800. The summed E-state index contributed by atoms with van der Waals surface area (Å²) in [5.41, 5.74) is 0.365. The second kappa shape index (κ2) is 21.3. The summed E-state index contributed by atoms with van der Waals surface area (Å²) in [7, 11) is 0. The van der Waals surface area contributed by atoms with Gasteiger partial charge in [-0.3, -0.25) is 9.69 Å². The molecule has 0 N–H and O–H groups in total. The lowest BCUT2D eigenvalue weighted by Crippen LogP contribution is -2.46. The van der Waals surface area contributed by atoms with Gasteiger partial charge in [0.1, 0.15) is 5.82 Å². The zero-order valence-corrected chi connectivity index (χ0v) is 24.8. The maximum atomic E-state index is 12.5. The van der Waals surface area contributed by atoms with Gasteiger partial charge in [-0.05, 0) is 37.9 Å². The number of rotatable bonds is 23. The van der Waals surface area contributed by atoms with Crippen LogP contribution in [0, 0.1) is 15.3 Å². The van der Waals surface area contributed by atoms with E-state index in [4.69, 9.17) is 0 Å². The molecule has 1 aromatic heterocycles. The minimum absolute atomic E-state index is 0.217. The number of aromatic nitrogens is 1. The van der Waals surface area contributed by atoms with Crippen LogP contribution in [0.5, 0.6) is 0 Å². The van der Waals surface area contributed by atoms with E-state index >= 15 is 0 Å². The van der Waals surface area contributed by atoms with Crippen molar-refractivity contribution < 1.29 is 14.7 Å². The lowest BCUT2D eigenvalue weighted by Gasteiger charge is -2.35. The van der Waals surface area contributed by atoms with Crippen molar-refractivity contribution in [3.63, 3.8) is 0 Å². The molecule has 228 valence electrons. The Morgan fingerprint density at radius 1 is 0.875 bits per heavy atom. The molecule has 0 unspecified atom stereocenters. The first-order chi connectivity index (χ1) is 19.5. The standard InChI is InChI=1S/C30H52N5O5/c1-2-20-32-22-24-33(25-23-32)29-19-18-28(27-31-29)30(36)34(37)21-16-14-12-10-8-6-4-3-5-7-9-11-13-15-17-26-40-35(38)39/h18-19,27H,2-17,20-26H2,1H3/q-1. The van der Waals surface area contributed by atoms with Crippen LogP contribution in [0.1, 0.15) is 120 Å². The normalized spacial score (nSPS) is 13.9. The van der Waals surface area contributed by atoms with Crippen molar-refractivity contribution in [3.05, 3.63) is 39.2 Å². The Balaban J connectivity index is 1.40. The molecule has 10 nitrogen and oxygen atoms in total. The number of nitrogens with zero attached hydrogens (tertiary/aromatic N) is 5. The first-order valence-electron chi connectivity index (χ1n) is 15.7. The monoisotopic (exact) mass is 562 g/mol. The summed E-state index contributed by atoms with van der Waals surface area (Å²) < 4.78 is 0. The molecule has 0 aromatic carbocycles. The van der Waals surface area contributed by atoms with Crippen molar-refractivity contribution in [1.82, 2.24) is 14.9 Å². The van der Waals surface area contributed by atoms with Gasteiger partial charge in [0.2, 0.25) is 5.91 Å². The fourth-order valence-corrected chi connectivity index (χ4v) is 5.26. The molecule has 0 aliphatic carbocycles. The number of hydroxylamine groups is 2. The minimum atomic E-state index is -0.721. The van der Waals surface area contributed by atoms with Crippen LogP contribution in [0.15, 0.2) is 18.3 Å². The average molecular weight is 563 g/mol. The van der Waals surface area contributed by atoms with E-state index in [0.29, 0.717) is 10.6 Å². The van der Waals surface area contributed by atoms with E-state index in [9.17, 15) is 20.1 Å². The third-order valence-electron chi connectivity index (χ3n) is 7.66. The molecular formula is C30H52N5O5-. The molecule has 0 spiro atoms. The Labute approximate surface area is 241 Å². The molecule has 1 aliphatic rings. The molecule has 1 aliphatic heterocycles. The smallest absolute Gasteiger partial charge is 0.294 e. The summed E-state index contributed by atoms with van der Waals surface area (Å²) in [6, 6.07) is 3.59. The first kappa shape index (κ1) is 33.7. The number of pyridine rings is 1. The Morgan fingerprint density at radius 3 is 1.88 bits per heavy atom. The molecule has 2 heterocycles. The van der Waals surface area contributed by atoms with E-state index < -0.39 is 11.0 Å². The third-order valence-corrected chi connectivity index (χ3v) is 7.66. The highest BCUT2D eigenvalue weighted by molar-refractivity contribution is 5.94. The second-order valence-electron chi connectivity index (χ2n) is 11.0. The largest absolute Gasteiger partial charge is 0.756 e. The number of carbonyl (C=O) groups is 1. The van der Waals surface area contributed by atoms with Crippen molar-refractivity contribution in [1.29, 1.82) is 0 Å². The summed E-state index contributed by atoms with van der Waals surface area (Å²) in [5, 5.41) is 22.2. The average Bonchev–Trinajstić information content (AvgIpc) is 2.96. The quantitative estimate of drug-likeness (QED) is 0.0831. The van der Waals surface area contributed by atoms with Gasteiger partial charge < -0.3 is 20.0 Å². The Morgan fingerprint density at radius 2 is 1.40 bits per heavy atom. The molecule has 0 bridgehead atoms. The molecule has 0 saturated carbocycles. The maximum absolute atomic E-state index is 12.5. The SMILES string of the molecule is CCCN1CCN(c2ccc(C(=O)N([O-])CCCCCCCCCCCCCCCCCO[N+](=O)[O-])cn2)CC1. The maximum Gasteiger partial charge on any atom is 0.294 e. The zero-order chi connectivity index (χ0) is 28.8. The lowest BCUT2D eigenvalue weighted by molar-refractivity contribution is -0.757. The minimum Gasteiger partial charge on any atom is -0.756 e. The molecule has 2 rings (SSSR count). The topological polar surface area (TPSA) is 115 Å². The molecule has 1 fully saturated rings. The van der Waals surface area contributed by atoms with Gasteiger partial charge in [-0.25, -0.2) is 4.98 Å². The van der Waals surface area contributed by atoms with Crippen molar-refractivity contribution in [2.75, 3.05) is 50.8 Å². The van der Waals surface area contributed by atoms with Crippen LogP contribution < -0.4 is 4.90 Å². The highest BCUT2D eigenvalue weighted by Crippen LogP contribution is 2.16. The third kappa shape index (κ3) is 14.8. The van der Waals surface area contributed by atoms with E-state index in [2.05, 4.69) is 26.5 Å². The number of piperazine rings is 1. The highest BCUT2D eigenvalue weighted by Gasteiger charge is 2.18. The summed E-state index contributed by atoms with van der Waals surface area (Å²) in [6.45, 7) is 7.72. The van der Waals surface area contributed by atoms with Gasteiger partial charge in [0, 0.05) is 38.9 Å². The van der Waals surface area contributed by atoms with E-state index in [1.165, 1.54) is 64.2 Å². The van der Waals surface area contributed by atoms with Crippen LogP contribution in [-0.2, 0) is 4.84 Å². The van der Waals surface area contributed by atoms with Crippen molar-refractivity contribution in [2.45, 2.75) is 110 Å². The number of unbranched alkanes of at least 4 members (excludes halogenated alkanes) is 14. The predicted octanol–water partition coefficient (Wildman–Crippen LogP) is 6.61. The number of anilines is 1. The molecule has 0 radical (unpaired) electrons. The number of hydrogen-bond donors (Lipinski definition) is 0. The summed E-state index contributed by atoms with van der Waals surface area (Å²) in [6.07, 6.45) is 19.7. The fourth-order valence-electron chi connectivity index (χ4n) is 5.26. The second-order valence-corrected chi connectivity index (χ2v) is 11.0. The summed E-state index contributed by atoms with van der Waals surface area (Å²) in [5.74, 6) is 0.381. The number of amides is 1. The van der Waals surface area contributed by atoms with Gasteiger partial charge in [0.05, 0.1) is 12.2 Å². The van der Waals surface area contributed by atoms with Gasteiger partial charge in [-0.2, -0.15) is 0 Å². The van der Waals surface area contributed by atoms with Crippen molar-refractivity contribution in [3.8, 4) is 0 Å². The van der Waals surface area contributed by atoms with Gasteiger partial charge in [0.15, 0.2) is 0 Å². The Bertz CT molecular complexity index is 802. The highest BCUT2D eigenvalue weighted by atomic mass is 16.9. The van der Waals surface area contributed by atoms with Crippen LogP contribution in [0.4, 0.5) is 5.82 Å². The van der Waals surface area contributed by atoms with E-state index in [-0.39, 0.29) is 13.2 Å². The first-order valence-corrected chi connectivity index (χ1v) is 15.7. The molecule has 1 amide bonds.